The van der Waals surface area contributed by atoms with Gasteiger partial charge in [0.2, 0.25) is 21.9 Å². The van der Waals surface area contributed by atoms with Gasteiger partial charge < -0.3 is 15.5 Å². The molecule has 0 spiro atoms. The number of rotatable bonds is 8. The van der Waals surface area contributed by atoms with Gasteiger partial charge in [-0.25, -0.2) is 23.1 Å². The van der Waals surface area contributed by atoms with Crippen molar-refractivity contribution < 1.29 is 13.2 Å². The lowest BCUT2D eigenvalue weighted by Gasteiger charge is -2.14. The van der Waals surface area contributed by atoms with Crippen molar-refractivity contribution in [3.63, 3.8) is 0 Å². The van der Waals surface area contributed by atoms with Gasteiger partial charge in [-0.1, -0.05) is 11.6 Å². The minimum atomic E-state index is -3.58. The molecule has 2 aliphatic rings. The molecule has 0 atom stereocenters. The molecule has 1 fully saturated rings. The molecule has 1 amide bonds. The quantitative estimate of drug-likeness (QED) is 0.382. The maximum atomic E-state index is 12.6. The maximum absolute atomic E-state index is 12.6. The van der Waals surface area contributed by atoms with Gasteiger partial charge in [0.15, 0.2) is 0 Å². The number of sulfonamides is 1. The van der Waals surface area contributed by atoms with E-state index in [1.807, 2.05) is 6.07 Å². The summed E-state index contributed by atoms with van der Waals surface area (Å²) in [6, 6.07) is 11.7. The van der Waals surface area contributed by atoms with E-state index in [4.69, 9.17) is 11.6 Å². The summed E-state index contributed by atoms with van der Waals surface area (Å²) in [5.41, 5.74) is 3.33. The van der Waals surface area contributed by atoms with Crippen molar-refractivity contribution in [2.24, 2.45) is 0 Å². The lowest BCUT2D eigenvalue weighted by atomic mass is 10.1. The van der Waals surface area contributed by atoms with Crippen LogP contribution in [0, 0.1) is 0 Å². The van der Waals surface area contributed by atoms with E-state index >= 15 is 0 Å². The Balaban J connectivity index is 1.27. The van der Waals surface area contributed by atoms with Crippen molar-refractivity contribution in [1.29, 1.82) is 0 Å². The van der Waals surface area contributed by atoms with Gasteiger partial charge in [-0.05, 0) is 81.4 Å². The summed E-state index contributed by atoms with van der Waals surface area (Å²) in [6.07, 6.45) is 5.01. The number of likely N-dealkylation sites (tertiary alicyclic amines) is 1. The molecule has 2 aromatic carbocycles. The van der Waals surface area contributed by atoms with Crippen molar-refractivity contribution >= 4 is 44.9 Å². The first-order valence-corrected chi connectivity index (χ1v) is 13.8. The first-order valence-electron chi connectivity index (χ1n) is 11.9. The van der Waals surface area contributed by atoms with Crippen LogP contribution in [0.3, 0.4) is 0 Å². The molecule has 0 aliphatic carbocycles. The molecule has 0 unspecified atom stereocenters. The van der Waals surface area contributed by atoms with Crippen LogP contribution in [-0.2, 0) is 21.2 Å². The number of nitrogens with zero attached hydrogens (tertiary/aromatic N) is 3. The number of halogens is 1. The number of benzene rings is 2. The van der Waals surface area contributed by atoms with Crippen LogP contribution < -0.4 is 15.4 Å². The van der Waals surface area contributed by atoms with E-state index < -0.39 is 10.0 Å². The minimum Gasteiger partial charge on any atom is -0.325 e. The molecular formula is C25H27ClN6O3S. The first kappa shape index (κ1) is 24.6. The third-order valence-corrected chi connectivity index (χ3v) is 8.00. The van der Waals surface area contributed by atoms with Crippen LogP contribution >= 0.6 is 11.6 Å². The molecule has 2 aliphatic heterocycles. The first-order chi connectivity index (χ1) is 17.4. The normalized spacial score (nSPS) is 15.6. The van der Waals surface area contributed by atoms with Gasteiger partial charge in [-0.2, -0.15) is 0 Å². The summed E-state index contributed by atoms with van der Waals surface area (Å²) in [5, 5.41) is 6.49. The fraction of sp³-hybridized carbons (Fsp3) is 0.320. The fourth-order valence-electron chi connectivity index (χ4n) is 4.47. The van der Waals surface area contributed by atoms with E-state index in [-0.39, 0.29) is 17.2 Å². The Hall–Kier alpha value is -3.05. The van der Waals surface area contributed by atoms with Crippen LogP contribution in [0.4, 0.5) is 17.3 Å². The standard InChI is InChI=1S/C25H27ClN6O3S/c26-18-4-9-21-22(15-18)30-23(33)14-17-16-27-25(31-24(17)21)29-19-5-7-20(8-6-19)36(34,35)28-10-3-13-32-11-1-2-12-32/h4-9,15-16,28H,1-3,10-14H2,(H,30,33)(H,27,29,31). The number of aromatic nitrogens is 2. The molecule has 0 saturated carbocycles. The Morgan fingerprint density at radius 2 is 1.86 bits per heavy atom. The van der Waals surface area contributed by atoms with Crippen LogP contribution in [0.25, 0.3) is 11.3 Å². The van der Waals surface area contributed by atoms with E-state index in [0.717, 1.165) is 31.6 Å². The second-order valence-electron chi connectivity index (χ2n) is 8.93. The molecule has 0 radical (unpaired) electrons. The number of hydrogen-bond donors (Lipinski definition) is 3. The molecule has 3 aromatic rings. The summed E-state index contributed by atoms with van der Waals surface area (Å²) >= 11 is 6.10. The number of fused-ring (bicyclic) bond motifs is 3. The number of carbonyl (C=O) groups excluding carboxylic acids is 1. The third-order valence-electron chi connectivity index (χ3n) is 6.29. The predicted octanol–water partition coefficient (Wildman–Crippen LogP) is 3.80. The molecular weight excluding hydrogens is 500 g/mol. The van der Waals surface area contributed by atoms with Gasteiger partial charge in [-0.15, -0.1) is 0 Å². The summed E-state index contributed by atoms with van der Waals surface area (Å²) in [4.78, 5) is 23.8. The van der Waals surface area contributed by atoms with Gasteiger partial charge in [0.05, 0.1) is 22.7 Å². The van der Waals surface area contributed by atoms with Gasteiger partial charge >= 0.3 is 0 Å². The summed E-state index contributed by atoms with van der Waals surface area (Å²) < 4.78 is 28.0. The molecule has 188 valence electrons. The number of hydrogen-bond acceptors (Lipinski definition) is 7. The summed E-state index contributed by atoms with van der Waals surface area (Å²) in [5.74, 6) is 0.169. The van der Waals surface area contributed by atoms with Crippen LogP contribution in [0.2, 0.25) is 5.02 Å². The van der Waals surface area contributed by atoms with Crippen molar-refractivity contribution in [1.82, 2.24) is 19.6 Å². The summed E-state index contributed by atoms with van der Waals surface area (Å²) in [6.45, 7) is 3.52. The zero-order chi connectivity index (χ0) is 25.1. The number of nitrogens with one attached hydrogen (secondary N) is 3. The largest absolute Gasteiger partial charge is 0.325 e. The Bertz CT molecular complexity index is 1380. The smallest absolute Gasteiger partial charge is 0.240 e. The monoisotopic (exact) mass is 526 g/mol. The van der Waals surface area contributed by atoms with E-state index in [0.29, 0.717) is 40.1 Å². The van der Waals surface area contributed by atoms with Crippen molar-refractivity contribution in [3.8, 4) is 11.3 Å². The molecule has 3 N–H and O–H groups in total. The summed E-state index contributed by atoms with van der Waals surface area (Å²) in [7, 11) is -3.58. The van der Waals surface area contributed by atoms with E-state index in [2.05, 4.69) is 30.2 Å². The minimum absolute atomic E-state index is 0.152. The second kappa shape index (κ2) is 10.5. The highest BCUT2D eigenvalue weighted by molar-refractivity contribution is 7.89. The van der Waals surface area contributed by atoms with Crippen molar-refractivity contribution in [2.75, 3.05) is 36.8 Å². The van der Waals surface area contributed by atoms with Crippen LogP contribution in [0.15, 0.2) is 53.6 Å². The molecule has 5 rings (SSSR count). The number of carbonyl (C=O) groups is 1. The highest BCUT2D eigenvalue weighted by atomic mass is 35.5. The highest BCUT2D eigenvalue weighted by Crippen LogP contribution is 2.34. The fourth-order valence-corrected chi connectivity index (χ4v) is 5.71. The molecule has 11 heteroatoms. The van der Waals surface area contributed by atoms with E-state index in [1.54, 1.807) is 42.6 Å². The number of anilines is 3. The zero-order valence-electron chi connectivity index (χ0n) is 19.6. The Morgan fingerprint density at radius 3 is 2.64 bits per heavy atom. The van der Waals surface area contributed by atoms with Crippen LogP contribution in [0.5, 0.6) is 0 Å². The molecule has 0 bridgehead atoms. The van der Waals surface area contributed by atoms with Gasteiger partial charge in [0.1, 0.15) is 0 Å². The Labute approximate surface area is 215 Å². The average Bonchev–Trinajstić information content (AvgIpc) is 3.32. The van der Waals surface area contributed by atoms with Crippen LogP contribution in [-0.4, -0.2) is 55.4 Å². The molecule has 1 aromatic heterocycles. The van der Waals surface area contributed by atoms with Gasteiger partial charge in [0.25, 0.3) is 0 Å². The second-order valence-corrected chi connectivity index (χ2v) is 11.1. The lowest BCUT2D eigenvalue weighted by molar-refractivity contribution is -0.115. The predicted molar refractivity (Wildman–Crippen MR) is 140 cm³/mol. The Kier molecular flexibility index (Phi) is 7.20. The maximum Gasteiger partial charge on any atom is 0.240 e. The zero-order valence-corrected chi connectivity index (χ0v) is 21.2. The average molecular weight is 527 g/mol. The lowest BCUT2D eigenvalue weighted by Crippen LogP contribution is -2.28. The highest BCUT2D eigenvalue weighted by Gasteiger charge is 2.21. The third kappa shape index (κ3) is 5.67. The van der Waals surface area contributed by atoms with Crippen LogP contribution in [0.1, 0.15) is 24.8 Å². The topological polar surface area (TPSA) is 116 Å². The van der Waals surface area contributed by atoms with E-state index in [9.17, 15) is 13.2 Å². The molecule has 9 nitrogen and oxygen atoms in total. The van der Waals surface area contributed by atoms with E-state index in [1.165, 1.54) is 12.8 Å². The van der Waals surface area contributed by atoms with Gasteiger partial charge in [0, 0.05) is 34.6 Å². The SMILES string of the molecule is O=C1Cc2cnc(Nc3ccc(S(=O)(=O)NCCCN4CCCC4)cc3)nc2-c2ccc(Cl)cc2N1. The Morgan fingerprint density at radius 1 is 1.08 bits per heavy atom. The molecule has 36 heavy (non-hydrogen) atoms. The molecule has 1 saturated heterocycles. The van der Waals surface area contributed by atoms with Gasteiger partial charge in [-0.3, -0.25) is 4.79 Å². The van der Waals surface area contributed by atoms with Crippen molar-refractivity contribution in [2.45, 2.75) is 30.6 Å². The number of amides is 1. The molecule has 3 heterocycles. The van der Waals surface area contributed by atoms with Crippen molar-refractivity contribution in [3.05, 3.63) is 59.2 Å².